The Bertz CT molecular complexity index is 438. The summed E-state index contributed by atoms with van der Waals surface area (Å²) in [5, 5.41) is 1.45. The fourth-order valence-corrected chi connectivity index (χ4v) is 11.3. The molecule has 0 unspecified atom stereocenters. The third-order valence-corrected chi connectivity index (χ3v) is 12.1. The summed E-state index contributed by atoms with van der Waals surface area (Å²) in [5.41, 5.74) is 0. The first-order chi connectivity index (χ1) is 7.15. The van der Waals surface area contributed by atoms with Gasteiger partial charge < -0.3 is 0 Å². The van der Waals surface area contributed by atoms with Crippen LogP contribution in [0.5, 0.6) is 0 Å². The van der Waals surface area contributed by atoms with Crippen molar-refractivity contribution in [3.8, 4) is 0 Å². The lowest BCUT2D eigenvalue weighted by molar-refractivity contribution is 0.922. The van der Waals surface area contributed by atoms with E-state index in [0.717, 1.165) is 8.39 Å². The van der Waals surface area contributed by atoms with E-state index in [1.165, 1.54) is 14.8 Å². The summed E-state index contributed by atoms with van der Waals surface area (Å²) < 4.78 is 3.97. The molecule has 1 aromatic heterocycles. The number of alkyl halides is 2. The Morgan fingerprint density at radius 2 is 1.80 bits per heavy atom. The van der Waals surface area contributed by atoms with Crippen LogP contribution in [0.25, 0.3) is 0 Å². The summed E-state index contributed by atoms with van der Waals surface area (Å²) in [7, 11) is 0. The fourth-order valence-electron chi connectivity index (χ4n) is 1.81. The molecular weight excluding hydrogens is 416 g/mol. The molecule has 0 bridgehead atoms. The van der Waals surface area contributed by atoms with Crippen LogP contribution in [0.2, 0.25) is 0 Å². The lowest BCUT2D eigenvalue weighted by Gasteiger charge is -2.24. The van der Waals surface area contributed by atoms with Crippen LogP contribution in [0, 0.1) is 3.14 Å². The second-order valence-electron chi connectivity index (χ2n) is 3.46. The van der Waals surface area contributed by atoms with Gasteiger partial charge in [-0.05, 0) is 6.42 Å². The van der Waals surface area contributed by atoms with Gasteiger partial charge in [-0.1, -0.05) is 44.1 Å². The zero-order valence-electron chi connectivity index (χ0n) is 7.31. The van der Waals surface area contributed by atoms with Crippen LogP contribution in [-0.2, 0) is 0 Å². The summed E-state index contributed by atoms with van der Waals surface area (Å²) in [4.78, 5) is 1.21. The van der Waals surface area contributed by atoms with Crippen LogP contribution >= 0.6 is 90.3 Å². The van der Waals surface area contributed by atoms with Gasteiger partial charge >= 0.3 is 0 Å². The maximum Gasteiger partial charge on any atom is 0.145 e. The van der Waals surface area contributed by atoms with Gasteiger partial charge in [0.1, 0.15) is 3.14 Å². The van der Waals surface area contributed by atoms with Gasteiger partial charge in [-0.2, -0.15) is 0 Å². The van der Waals surface area contributed by atoms with E-state index in [1.54, 1.807) is 22.7 Å². The molecule has 1 fully saturated rings. The second kappa shape index (κ2) is 4.55. The molecule has 1 aliphatic heterocycles. The van der Waals surface area contributed by atoms with E-state index in [4.69, 9.17) is 12.2 Å². The van der Waals surface area contributed by atoms with Crippen molar-refractivity contribution < 1.29 is 0 Å². The molecule has 4 atom stereocenters. The van der Waals surface area contributed by atoms with Crippen molar-refractivity contribution in [3.05, 3.63) is 3.14 Å². The summed E-state index contributed by atoms with van der Waals surface area (Å²) >= 11 is 20.4. The Hall–Kier alpha value is 1.93. The largest absolute Gasteiger partial charge is 0.145 e. The smallest absolute Gasteiger partial charge is 0.109 e. The summed E-state index contributed by atoms with van der Waals surface area (Å²) in [5.74, 6) is 0. The number of hydrogen-bond acceptors (Lipinski definition) is 5. The van der Waals surface area contributed by atoms with Crippen LogP contribution < -0.4 is 0 Å². The summed E-state index contributed by atoms with van der Waals surface area (Å²) in [6.07, 6.45) is 1.26. The van der Waals surface area contributed by atoms with E-state index in [1.807, 2.05) is 23.5 Å². The average Bonchev–Trinajstić information content (AvgIpc) is 2.65. The number of rotatable bonds is 0. The summed E-state index contributed by atoms with van der Waals surface area (Å²) in [6.45, 7) is 0. The van der Waals surface area contributed by atoms with E-state index in [9.17, 15) is 0 Å². The Balaban J connectivity index is 1.95. The Morgan fingerprint density at radius 3 is 2.53 bits per heavy atom. The van der Waals surface area contributed by atoms with Crippen molar-refractivity contribution in [2.75, 3.05) is 0 Å². The van der Waals surface area contributed by atoms with Gasteiger partial charge in [-0.15, -0.1) is 46.2 Å². The second-order valence-corrected chi connectivity index (χ2v) is 11.9. The topological polar surface area (TPSA) is 0 Å². The molecule has 2 aliphatic rings. The monoisotopic (exact) mass is 420 g/mol. The predicted octanol–water partition coefficient (Wildman–Crippen LogP) is 5.40. The fraction of sp³-hybridized carbons (Fsp3) is 0.625. The van der Waals surface area contributed by atoms with Crippen molar-refractivity contribution in [1.82, 2.24) is 0 Å². The maximum atomic E-state index is 5.25. The van der Waals surface area contributed by atoms with Crippen LogP contribution in [-0.4, -0.2) is 20.2 Å². The maximum absolute atomic E-state index is 5.25. The third-order valence-electron chi connectivity index (χ3n) is 2.50. The first kappa shape index (κ1) is 12.0. The minimum atomic E-state index is 0.592. The van der Waals surface area contributed by atoms with Crippen LogP contribution in [0.1, 0.15) is 6.42 Å². The molecule has 0 spiro atoms. The third kappa shape index (κ3) is 2.15. The average molecular weight is 422 g/mol. The van der Waals surface area contributed by atoms with Gasteiger partial charge in [0.15, 0.2) is 0 Å². The van der Waals surface area contributed by atoms with Gasteiger partial charge in [0.2, 0.25) is 0 Å². The molecule has 0 nitrogen and oxygen atoms in total. The molecule has 82 valence electrons. The van der Waals surface area contributed by atoms with E-state index >= 15 is 0 Å². The van der Waals surface area contributed by atoms with Crippen molar-refractivity contribution in [2.45, 2.75) is 35.0 Å². The molecule has 1 aromatic rings. The van der Waals surface area contributed by atoms with Crippen molar-refractivity contribution in [2.24, 2.45) is 0 Å². The Kier molecular flexibility index (Phi) is 3.64. The van der Waals surface area contributed by atoms with Gasteiger partial charge in [0.05, 0.1) is 8.42 Å². The van der Waals surface area contributed by atoms with Gasteiger partial charge in [0, 0.05) is 20.2 Å². The highest BCUT2D eigenvalue weighted by molar-refractivity contribution is 9.12. The first-order valence-corrected chi connectivity index (χ1v) is 10.0. The molecule has 15 heavy (non-hydrogen) atoms. The Morgan fingerprint density at radius 1 is 1.13 bits per heavy atom. The zero-order chi connectivity index (χ0) is 10.6. The number of fused-ring (bicyclic) bond motifs is 2. The SMILES string of the molecule is S=c1sc2c(s1)S[C@H]1C[C@@H](Br)[C@H](Br)[C@@H]1S2. The van der Waals surface area contributed by atoms with Crippen molar-refractivity contribution >= 4 is 90.3 Å². The quantitative estimate of drug-likeness (QED) is 0.406. The predicted molar refractivity (Wildman–Crippen MR) is 82.4 cm³/mol. The van der Waals surface area contributed by atoms with Crippen LogP contribution in [0.15, 0.2) is 8.42 Å². The Labute approximate surface area is 127 Å². The molecular formula is C8H6Br2S5. The number of hydrogen-bond donors (Lipinski definition) is 0. The highest BCUT2D eigenvalue weighted by Gasteiger charge is 2.45. The lowest BCUT2D eigenvalue weighted by Crippen LogP contribution is -2.23. The molecule has 0 saturated heterocycles. The van der Waals surface area contributed by atoms with E-state index < -0.39 is 0 Å². The normalized spacial score (nSPS) is 38.8. The number of halogens is 2. The van der Waals surface area contributed by atoms with Gasteiger partial charge in [0.25, 0.3) is 0 Å². The van der Waals surface area contributed by atoms with Gasteiger partial charge in [-0.3, -0.25) is 0 Å². The van der Waals surface area contributed by atoms with Crippen LogP contribution in [0.3, 0.4) is 0 Å². The molecule has 1 saturated carbocycles. The first-order valence-electron chi connectivity index (χ1n) is 4.40. The molecule has 0 aromatic carbocycles. The molecule has 0 radical (unpaired) electrons. The minimum Gasteiger partial charge on any atom is -0.109 e. The standard InChI is InChI=1S/C8H6Br2S5/c9-2-1-3-5(4(2)10)13-7-6(12-3)14-8(11)15-7/h2-5H,1H2/t2-,3+,4+,5-/m1/s1. The van der Waals surface area contributed by atoms with E-state index in [0.29, 0.717) is 14.9 Å². The van der Waals surface area contributed by atoms with Crippen molar-refractivity contribution in [3.63, 3.8) is 0 Å². The molecule has 0 amide bonds. The molecule has 1 aliphatic carbocycles. The van der Waals surface area contributed by atoms with Gasteiger partial charge in [-0.25, -0.2) is 0 Å². The number of thioether (sulfide) groups is 2. The zero-order valence-corrected chi connectivity index (χ0v) is 14.6. The lowest BCUT2D eigenvalue weighted by atomic mass is 10.4. The molecule has 2 heterocycles. The van der Waals surface area contributed by atoms with Crippen molar-refractivity contribution in [1.29, 1.82) is 0 Å². The van der Waals surface area contributed by atoms with E-state index in [2.05, 4.69) is 31.9 Å². The molecule has 3 rings (SSSR count). The summed E-state index contributed by atoms with van der Waals surface area (Å²) in [6, 6.07) is 0. The molecule has 7 heteroatoms. The van der Waals surface area contributed by atoms with Crippen LogP contribution in [0.4, 0.5) is 0 Å². The molecule has 0 N–H and O–H groups in total. The highest BCUT2D eigenvalue weighted by Crippen LogP contribution is 2.57. The van der Waals surface area contributed by atoms with E-state index in [-0.39, 0.29) is 0 Å². The minimum absolute atomic E-state index is 0.592. The highest BCUT2D eigenvalue weighted by atomic mass is 79.9.